The molecule has 2 heterocycles. The van der Waals surface area contributed by atoms with Crippen LogP contribution in [0.2, 0.25) is 0 Å². The van der Waals surface area contributed by atoms with Crippen LogP contribution in [0.1, 0.15) is 54.2 Å². The minimum atomic E-state index is -1.52. The van der Waals surface area contributed by atoms with Gasteiger partial charge in [0.05, 0.1) is 18.3 Å². The zero-order chi connectivity index (χ0) is 32.8. The topological polar surface area (TPSA) is 111 Å². The fourth-order valence-corrected chi connectivity index (χ4v) is 5.86. The first-order valence-corrected chi connectivity index (χ1v) is 14.9. The molecule has 6 rings (SSSR count). The zero-order valence-electron chi connectivity index (χ0n) is 26.0. The number of anilines is 1. The lowest BCUT2D eigenvalue weighted by atomic mass is 9.93. The van der Waals surface area contributed by atoms with Crippen LogP contribution in [0.25, 0.3) is 11.1 Å². The normalized spacial score (nSPS) is 17.3. The third-order valence-electron chi connectivity index (χ3n) is 8.04. The standard InChI is InChI=1S/C35H33FN4O6/c1-34(2,3)45-31(42)25-6-5-7-28(17-25)39(19-22-8-11-27(36)12-9-22)30(41)21-40-32(43)35(46-33(40)44)15-14-24-16-23(10-13-29(24)35)26-18-37-38(4)20-26/h5-13,16-18,20H,14-15,19,21H2,1-4H3/t35-/m1/s1. The van der Waals surface area contributed by atoms with Gasteiger partial charge in [0.2, 0.25) is 11.5 Å². The second kappa shape index (κ2) is 11.6. The average Bonchev–Trinajstić information content (AvgIpc) is 3.68. The highest BCUT2D eigenvalue weighted by Crippen LogP contribution is 2.46. The molecule has 1 fully saturated rings. The Kier molecular flexibility index (Phi) is 7.71. The van der Waals surface area contributed by atoms with Crippen molar-refractivity contribution < 1.29 is 33.0 Å². The summed E-state index contributed by atoms with van der Waals surface area (Å²) in [5.41, 5.74) is 2.23. The minimum absolute atomic E-state index is 0.0148. The van der Waals surface area contributed by atoms with E-state index in [0.29, 0.717) is 23.2 Å². The number of aromatic nitrogens is 2. The van der Waals surface area contributed by atoms with Crippen LogP contribution in [0.4, 0.5) is 14.9 Å². The van der Waals surface area contributed by atoms with Gasteiger partial charge in [0, 0.05) is 36.5 Å². The Morgan fingerprint density at radius 2 is 1.80 bits per heavy atom. The molecule has 11 heteroatoms. The van der Waals surface area contributed by atoms with Crippen molar-refractivity contribution in [3.8, 4) is 11.1 Å². The van der Waals surface area contributed by atoms with Gasteiger partial charge in [-0.1, -0.05) is 36.4 Å². The van der Waals surface area contributed by atoms with E-state index < -0.39 is 47.4 Å². The fourth-order valence-electron chi connectivity index (χ4n) is 5.86. The quantitative estimate of drug-likeness (QED) is 0.249. The Morgan fingerprint density at radius 1 is 1.04 bits per heavy atom. The van der Waals surface area contributed by atoms with Crippen LogP contribution < -0.4 is 4.90 Å². The minimum Gasteiger partial charge on any atom is -0.456 e. The Labute approximate surface area is 265 Å². The summed E-state index contributed by atoms with van der Waals surface area (Å²) >= 11 is 0. The molecule has 1 atom stereocenters. The molecule has 1 spiro atoms. The third kappa shape index (κ3) is 5.88. The highest BCUT2D eigenvalue weighted by atomic mass is 19.1. The molecular weight excluding hydrogens is 591 g/mol. The lowest BCUT2D eigenvalue weighted by Gasteiger charge is -2.26. The van der Waals surface area contributed by atoms with Crippen molar-refractivity contribution in [2.24, 2.45) is 7.05 Å². The molecule has 0 saturated carbocycles. The van der Waals surface area contributed by atoms with E-state index in [1.807, 2.05) is 25.4 Å². The molecule has 1 aromatic heterocycles. The lowest BCUT2D eigenvalue weighted by Crippen LogP contribution is -2.44. The maximum absolute atomic E-state index is 14.0. The van der Waals surface area contributed by atoms with Gasteiger partial charge in [-0.15, -0.1) is 0 Å². The van der Waals surface area contributed by atoms with Crippen molar-refractivity contribution in [3.63, 3.8) is 0 Å². The van der Waals surface area contributed by atoms with Gasteiger partial charge in [0.15, 0.2) is 0 Å². The van der Waals surface area contributed by atoms with Crippen molar-refractivity contribution >= 4 is 29.6 Å². The number of carbonyl (C=O) groups excluding carboxylic acids is 4. The first-order chi connectivity index (χ1) is 21.8. The molecule has 3 aromatic carbocycles. The maximum Gasteiger partial charge on any atom is 0.418 e. The van der Waals surface area contributed by atoms with E-state index in [4.69, 9.17) is 9.47 Å². The van der Waals surface area contributed by atoms with Crippen LogP contribution in [0.15, 0.2) is 79.1 Å². The number of amides is 3. The molecule has 0 unspecified atom stereocenters. The highest BCUT2D eigenvalue weighted by molar-refractivity contribution is 6.08. The molecule has 10 nitrogen and oxygen atoms in total. The number of rotatable bonds is 7. The largest absolute Gasteiger partial charge is 0.456 e. The number of ether oxygens (including phenoxy) is 2. The van der Waals surface area contributed by atoms with Crippen LogP contribution in [0.3, 0.4) is 0 Å². The van der Waals surface area contributed by atoms with Gasteiger partial charge in [-0.2, -0.15) is 5.10 Å². The molecule has 3 amide bonds. The molecule has 1 aliphatic carbocycles. The van der Waals surface area contributed by atoms with Crippen molar-refractivity contribution in [1.82, 2.24) is 14.7 Å². The number of halogens is 1. The molecule has 0 N–H and O–H groups in total. The van der Waals surface area contributed by atoms with Crippen LogP contribution in [-0.2, 0) is 44.7 Å². The van der Waals surface area contributed by atoms with E-state index in [1.54, 1.807) is 55.9 Å². The van der Waals surface area contributed by atoms with Crippen molar-refractivity contribution in [2.75, 3.05) is 11.4 Å². The smallest absolute Gasteiger partial charge is 0.418 e. The van der Waals surface area contributed by atoms with Gasteiger partial charge in [0.25, 0.3) is 5.91 Å². The number of nitrogens with zero attached hydrogens (tertiary/aromatic N) is 4. The van der Waals surface area contributed by atoms with E-state index in [2.05, 4.69) is 5.10 Å². The molecule has 0 bridgehead atoms. The van der Waals surface area contributed by atoms with Crippen LogP contribution >= 0.6 is 0 Å². The molecule has 46 heavy (non-hydrogen) atoms. The Balaban J connectivity index is 1.27. The molecule has 2 aliphatic rings. The number of benzene rings is 3. The van der Waals surface area contributed by atoms with Gasteiger partial charge in [-0.3, -0.25) is 14.3 Å². The maximum atomic E-state index is 14.0. The summed E-state index contributed by atoms with van der Waals surface area (Å²) in [5, 5.41) is 4.22. The Hall–Kier alpha value is -5.32. The summed E-state index contributed by atoms with van der Waals surface area (Å²) in [4.78, 5) is 56.1. The summed E-state index contributed by atoms with van der Waals surface area (Å²) in [6.45, 7) is 4.64. The monoisotopic (exact) mass is 624 g/mol. The predicted molar refractivity (Wildman–Crippen MR) is 166 cm³/mol. The first-order valence-electron chi connectivity index (χ1n) is 14.9. The Bertz CT molecular complexity index is 1860. The number of imide groups is 1. The second-order valence-electron chi connectivity index (χ2n) is 12.5. The van der Waals surface area contributed by atoms with E-state index in [9.17, 15) is 23.6 Å². The Morgan fingerprint density at radius 3 is 2.50 bits per heavy atom. The second-order valence-corrected chi connectivity index (χ2v) is 12.5. The van der Waals surface area contributed by atoms with Gasteiger partial charge in [-0.25, -0.2) is 18.9 Å². The first kappa shape index (κ1) is 30.7. The molecule has 1 aliphatic heterocycles. The third-order valence-corrected chi connectivity index (χ3v) is 8.04. The lowest BCUT2D eigenvalue weighted by molar-refractivity contribution is -0.139. The summed E-state index contributed by atoms with van der Waals surface area (Å²) < 4.78 is 26.6. The average molecular weight is 625 g/mol. The number of hydrogen-bond acceptors (Lipinski definition) is 7. The highest BCUT2D eigenvalue weighted by Gasteiger charge is 2.58. The molecule has 236 valence electrons. The summed E-state index contributed by atoms with van der Waals surface area (Å²) in [5.74, 6) is -2.22. The molecule has 1 saturated heterocycles. The van der Waals surface area contributed by atoms with Gasteiger partial charge >= 0.3 is 12.1 Å². The van der Waals surface area contributed by atoms with Crippen LogP contribution in [0, 0.1) is 5.82 Å². The predicted octanol–water partition coefficient (Wildman–Crippen LogP) is 5.54. The zero-order valence-corrected chi connectivity index (χ0v) is 26.0. The van der Waals surface area contributed by atoms with Crippen molar-refractivity contribution in [1.29, 1.82) is 0 Å². The summed E-state index contributed by atoms with van der Waals surface area (Å²) in [7, 11) is 1.83. The van der Waals surface area contributed by atoms with Crippen LogP contribution in [0.5, 0.6) is 0 Å². The number of hydrogen-bond donors (Lipinski definition) is 0. The SMILES string of the molecule is Cn1cc(-c2ccc3c(c2)CC[C@@]32OC(=O)N(CC(=O)N(Cc3ccc(F)cc3)c3cccc(C(=O)OC(C)(C)C)c3)C2=O)cn1. The molecule has 4 aromatic rings. The van der Waals surface area contributed by atoms with Crippen molar-refractivity contribution in [2.45, 2.75) is 51.4 Å². The number of aryl methyl sites for hydroxylation is 2. The van der Waals surface area contributed by atoms with E-state index >= 15 is 0 Å². The van der Waals surface area contributed by atoms with E-state index in [0.717, 1.165) is 21.6 Å². The summed E-state index contributed by atoms with van der Waals surface area (Å²) in [6, 6.07) is 17.6. The molecule has 0 radical (unpaired) electrons. The van der Waals surface area contributed by atoms with Gasteiger partial charge < -0.3 is 14.4 Å². The fraction of sp³-hybridized carbons (Fsp3) is 0.286. The number of carbonyl (C=O) groups is 4. The summed E-state index contributed by atoms with van der Waals surface area (Å²) in [6.07, 6.45) is 3.50. The van der Waals surface area contributed by atoms with Crippen LogP contribution in [-0.4, -0.2) is 50.7 Å². The van der Waals surface area contributed by atoms with Crippen molar-refractivity contribution in [3.05, 3.63) is 107 Å². The van der Waals surface area contributed by atoms with E-state index in [1.165, 1.54) is 35.2 Å². The molecular formula is C35H33FN4O6. The number of esters is 1. The number of fused-ring (bicyclic) bond motifs is 2. The van der Waals surface area contributed by atoms with Gasteiger partial charge in [0.1, 0.15) is 18.0 Å². The van der Waals surface area contributed by atoms with E-state index in [-0.39, 0.29) is 18.5 Å². The van der Waals surface area contributed by atoms with Gasteiger partial charge in [-0.05, 0) is 74.2 Å².